The Morgan fingerprint density at radius 1 is 1.56 bits per heavy atom. The highest BCUT2D eigenvalue weighted by Crippen LogP contribution is 2.15. The molecule has 1 aliphatic rings. The minimum absolute atomic E-state index is 0.0315. The van der Waals surface area contributed by atoms with E-state index in [0.717, 1.165) is 0 Å². The molecule has 2 amide bonds. The predicted molar refractivity (Wildman–Crippen MR) is 61.9 cm³/mol. The molecular weight excluding hydrogens is 239 g/mol. The summed E-state index contributed by atoms with van der Waals surface area (Å²) in [5.74, 6) is -1.28. The number of hydrogen-bond donors (Lipinski definition) is 3. The van der Waals surface area contributed by atoms with Crippen LogP contribution in [0.2, 0.25) is 0 Å². The number of nitrogens with zero attached hydrogens (tertiary/aromatic N) is 1. The van der Waals surface area contributed by atoms with E-state index in [4.69, 9.17) is 5.73 Å². The average Bonchev–Trinajstić information content (AvgIpc) is 2.35. The first-order valence-corrected chi connectivity index (χ1v) is 5.55. The van der Waals surface area contributed by atoms with Crippen molar-refractivity contribution < 1.29 is 14.0 Å². The smallest absolute Gasteiger partial charge is 0.249 e. The van der Waals surface area contributed by atoms with E-state index in [-0.39, 0.29) is 30.3 Å². The second-order valence-corrected chi connectivity index (χ2v) is 4.03. The van der Waals surface area contributed by atoms with E-state index >= 15 is 0 Å². The highest BCUT2D eigenvalue weighted by molar-refractivity contribution is 6.01. The summed E-state index contributed by atoms with van der Waals surface area (Å²) in [6.45, 7) is 0.0315. The van der Waals surface area contributed by atoms with Crippen LogP contribution in [-0.4, -0.2) is 22.8 Å². The lowest BCUT2D eigenvalue weighted by Gasteiger charge is -2.22. The molecule has 1 aromatic heterocycles. The van der Waals surface area contributed by atoms with Gasteiger partial charge in [-0.3, -0.25) is 14.9 Å². The molecular formula is C11H13FN4O2. The van der Waals surface area contributed by atoms with Gasteiger partial charge in [0.1, 0.15) is 6.04 Å². The summed E-state index contributed by atoms with van der Waals surface area (Å²) < 4.78 is 13.1. The fraction of sp³-hybridized carbons (Fsp3) is 0.364. The van der Waals surface area contributed by atoms with Gasteiger partial charge in [-0.1, -0.05) is 0 Å². The number of pyridine rings is 1. The number of amides is 2. The molecule has 0 aliphatic carbocycles. The Morgan fingerprint density at radius 2 is 2.33 bits per heavy atom. The van der Waals surface area contributed by atoms with Crippen LogP contribution >= 0.6 is 0 Å². The minimum atomic E-state index is -0.619. The van der Waals surface area contributed by atoms with Gasteiger partial charge in [0.25, 0.3) is 0 Å². The van der Waals surface area contributed by atoms with Crippen LogP contribution in [0, 0.1) is 5.95 Å². The largest absolute Gasteiger partial charge is 0.372 e. The lowest BCUT2D eigenvalue weighted by Crippen LogP contribution is -2.47. The number of carbonyl (C=O) groups is 2. The minimum Gasteiger partial charge on any atom is -0.372 e. The Balaban J connectivity index is 2.09. The number of nitrogens with one attached hydrogen (secondary N) is 2. The molecule has 7 heteroatoms. The third-order valence-electron chi connectivity index (χ3n) is 2.71. The van der Waals surface area contributed by atoms with Crippen molar-refractivity contribution in [3.63, 3.8) is 0 Å². The Morgan fingerprint density at radius 3 is 3.00 bits per heavy atom. The number of carbonyl (C=O) groups excluding carboxylic acids is 2. The molecule has 0 aromatic carbocycles. The molecule has 1 aromatic rings. The van der Waals surface area contributed by atoms with E-state index in [1.165, 1.54) is 12.3 Å². The fourth-order valence-corrected chi connectivity index (χ4v) is 1.75. The van der Waals surface area contributed by atoms with Gasteiger partial charge < -0.3 is 11.1 Å². The summed E-state index contributed by atoms with van der Waals surface area (Å²) in [5, 5.41) is 5.13. The number of aromatic nitrogens is 1. The highest BCUT2D eigenvalue weighted by Gasteiger charge is 2.26. The molecule has 0 bridgehead atoms. The molecule has 18 heavy (non-hydrogen) atoms. The second kappa shape index (κ2) is 5.09. The van der Waals surface area contributed by atoms with Crippen LogP contribution in [0.15, 0.2) is 12.3 Å². The van der Waals surface area contributed by atoms with Crippen molar-refractivity contribution in [3.05, 3.63) is 23.8 Å². The molecule has 2 rings (SSSR count). The van der Waals surface area contributed by atoms with Crippen molar-refractivity contribution in [1.29, 1.82) is 0 Å². The zero-order valence-corrected chi connectivity index (χ0v) is 9.57. The van der Waals surface area contributed by atoms with Gasteiger partial charge in [0.05, 0.1) is 11.9 Å². The monoisotopic (exact) mass is 252 g/mol. The quantitative estimate of drug-likeness (QED) is 0.515. The Labute approximate surface area is 103 Å². The van der Waals surface area contributed by atoms with Gasteiger partial charge in [-0.05, 0) is 12.5 Å². The SMILES string of the molecule is NCc1cc(NC2CCC(=O)NC2=O)cnc1F. The van der Waals surface area contributed by atoms with Crippen molar-refractivity contribution in [2.75, 3.05) is 5.32 Å². The number of halogens is 1. The summed E-state index contributed by atoms with van der Waals surface area (Å²) >= 11 is 0. The first-order valence-electron chi connectivity index (χ1n) is 5.55. The Hall–Kier alpha value is -2.02. The number of hydrogen-bond acceptors (Lipinski definition) is 5. The van der Waals surface area contributed by atoms with Crippen LogP contribution in [0.4, 0.5) is 10.1 Å². The number of piperidine rings is 1. The van der Waals surface area contributed by atoms with Crippen LogP contribution in [0.3, 0.4) is 0 Å². The maximum absolute atomic E-state index is 13.1. The van der Waals surface area contributed by atoms with Gasteiger partial charge in [0.2, 0.25) is 17.8 Å². The van der Waals surface area contributed by atoms with Gasteiger partial charge in [0.15, 0.2) is 0 Å². The molecule has 4 N–H and O–H groups in total. The third-order valence-corrected chi connectivity index (χ3v) is 2.71. The van der Waals surface area contributed by atoms with Crippen LogP contribution in [0.5, 0.6) is 0 Å². The summed E-state index contributed by atoms with van der Waals surface area (Å²) in [5.41, 5.74) is 6.14. The van der Waals surface area contributed by atoms with Gasteiger partial charge in [-0.2, -0.15) is 4.39 Å². The standard InChI is InChI=1S/C11H13FN4O2/c12-10-6(4-13)3-7(5-14-10)15-8-1-2-9(17)16-11(8)18/h3,5,8,15H,1-2,4,13H2,(H,16,17,18). The first kappa shape index (κ1) is 12.4. The summed E-state index contributed by atoms with van der Waals surface area (Å²) in [4.78, 5) is 26.0. The van der Waals surface area contributed by atoms with Gasteiger partial charge in [0, 0.05) is 18.5 Å². The molecule has 1 saturated heterocycles. The second-order valence-electron chi connectivity index (χ2n) is 4.03. The number of anilines is 1. The number of nitrogens with two attached hydrogens (primary N) is 1. The van der Waals surface area contributed by atoms with E-state index in [2.05, 4.69) is 15.6 Å². The first-order chi connectivity index (χ1) is 8.60. The number of imide groups is 1. The fourth-order valence-electron chi connectivity index (χ4n) is 1.75. The highest BCUT2D eigenvalue weighted by atomic mass is 19.1. The van der Waals surface area contributed by atoms with Gasteiger partial charge >= 0.3 is 0 Å². The molecule has 0 saturated carbocycles. The van der Waals surface area contributed by atoms with E-state index in [0.29, 0.717) is 12.1 Å². The van der Waals surface area contributed by atoms with E-state index < -0.39 is 12.0 Å². The number of rotatable bonds is 3. The average molecular weight is 252 g/mol. The van der Waals surface area contributed by atoms with Crippen molar-refractivity contribution in [1.82, 2.24) is 10.3 Å². The molecule has 96 valence electrons. The zero-order valence-electron chi connectivity index (χ0n) is 9.57. The lowest BCUT2D eigenvalue weighted by molar-refractivity contribution is -0.133. The van der Waals surface area contributed by atoms with Crippen LogP contribution in [0.25, 0.3) is 0 Å². The Bertz CT molecular complexity index is 492. The molecule has 0 spiro atoms. The normalized spacial score (nSPS) is 19.6. The molecule has 0 radical (unpaired) electrons. The summed E-state index contributed by atoms with van der Waals surface area (Å²) in [6.07, 6.45) is 1.97. The zero-order chi connectivity index (χ0) is 13.1. The van der Waals surface area contributed by atoms with Crippen LogP contribution < -0.4 is 16.4 Å². The van der Waals surface area contributed by atoms with E-state index in [1.54, 1.807) is 0 Å². The summed E-state index contributed by atoms with van der Waals surface area (Å²) in [7, 11) is 0. The summed E-state index contributed by atoms with van der Waals surface area (Å²) in [6, 6.07) is 0.993. The third kappa shape index (κ3) is 2.62. The topological polar surface area (TPSA) is 97.1 Å². The van der Waals surface area contributed by atoms with E-state index in [1.807, 2.05) is 0 Å². The van der Waals surface area contributed by atoms with E-state index in [9.17, 15) is 14.0 Å². The maximum Gasteiger partial charge on any atom is 0.249 e. The van der Waals surface area contributed by atoms with Crippen molar-refractivity contribution in [2.45, 2.75) is 25.4 Å². The van der Waals surface area contributed by atoms with Crippen LogP contribution in [-0.2, 0) is 16.1 Å². The molecule has 1 unspecified atom stereocenters. The lowest BCUT2D eigenvalue weighted by atomic mass is 10.1. The predicted octanol–water partition coefficient (Wildman–Crippen LogP) is -0.104. The molecule has 6 nitrogen and oxygen atoms in total. The van der Waals surface area contributed by atoms with Crippen molar-refractivity contribution in [3.8, 4) is 0 Å². The molecule has 1 fully saturated rings. The molecule has 1 aliphatic heterocycles. The van der Waals surface area contributed by atoms with Gasteiger partial charge in [-0.15, -0.1) is 0 Å². The van der Waals surface area contributed by atoms with Crippen LogP contribution in [0.1, 0.15) is 18.4 Å². The maximum atomic E-state index is 13.1. The molecule has 2 heterocycles. The Kier molecular flexibility index (Phi) is 3.52. The molecule has 1 atom stereocenters. The van der Waals surface area contributed by atoms with Crippen molar-refractivity contribution >= 4 is 17.5 Å². The van der Waals surface area contributed by atoms with Crippen molar-refractivity contribution in [2.24, 2.45) is 5.73 Å². The van der Waals surface area contributed by atoms with Gasteiger partial charge in [-0.25, -0.2) is 4.98 Å².